The van der Waals surface area contributed by atoms with Crippen LogP contribution in [-0.4, -0.2) is 36.4 Å². The van der Waals surface area contributed by atoms with Gasteiger partial charge in [-0.15, -0.1) is 5.10 Å². The van der Waals surface area contributed by atoms with E-state index in [0.29, 0.717) is 22.7 Å². The molecule has 0 bridgehead atoms. The van der Waals surface area contributed by atoms with Crippen molar-refractivity contribution in [2.24, 2.45) is 0 Å². The monoisotopic (exact) mass is 442 g/mol. The van der Waals surface area contributed by atoms with E-state index in [-0.39, 0.29) is 17.0 Å². The van der Waals surface area contributed by atoms with Gasteiger partial charge in [-0.3, -0.25) is 10.1 Å². The van der Waals surface area contributed by atoms with Gasteiger partial charge in [0.25, 0.3) is 5.56 Å². The molecule has 11 heteroatoms. The largest absolute Gasteiger partial charge is 0.408 e. The molecule has 158 valence electrons. The Kier molecular flexibility index (Phi) is 5.74. The van der Waals surface area contributed by atoms with Crippen LogP contribution in [0.25, 0.3) is 11.3 Å². The van der Waals surface area contributed by atoms with Gasteiger partial charge < -0.3 is 14.1 Å². The van der Waals surface area contributed by atoms with Crippen molar-refractivity contribution >= 4 is 23.6 Å². The number of aryl methyl sites for hydroxylation is 1. The number of benzene rings is 1. The number of nitrogens with one attached hydrogen (secondary N) is 1. The number of aliphatic hydroxyl groups is 1. The predicted octanol–water partition coefficient (Wildman–Crippen LogP) is 3.11. The highest BCUT2D eigenvalue weighted by Crippen LogP contribution is 2.23. The van der Waals surface area contributed by atoms with Crippen LogP contribution in [0.4, 0.5) is 16.4 Å². The maximum atomic E-state index is 13.8. The number of nitrogens with zero attached hydrogens (tertiary/aromatic N) is 5. The average Bonchev–Trinajstić information content (AvgIpc) is 3.17. The Balaban J connectivity index is 1.63. The highest BCUT2D eigenvalue weighted by atomic mass is 35.5. The number of anilines is 2. The van der Waals surface area contributed by atoms with Crippen LogP contribution in [-0.2, 0) is 0 Å². The van der Waals surface area contributed by atoms with Crippen LogP contribution in [0.15, 0.2) is 58.0 Å². The summed E-state index contributed by atoms with van der Waals surface area (Å²) >= 11 is 5.72. The molecule has 1 atom stereocenters. The molecule has 3 aromatic heterocycles. The maximum Gasteiger partial charge on any atom is 0.322 e. The molecule has 1 aromatic carbocycles. The van der Waals surface area contributed by atoms with E-state index in [4.69, 9.17) is 16.0 Å². The molecule has 4 aromatic rings. The molecule has 0 aliphatic heterocycles. The van der Waals surface area contributed by atoms with Crippen LogP contribution in [0.3, 0.4) is 0 Å². The first-order chi connectivity index (χ1) is 14.9. The molecular formula is C20H16ClFN6O3. The van der Waals surface area contributed by atoms with E-state index >= 15 is 0 Å². The first-order valence-electron chi connectivity index (χ1n) is 9.13. The van der Waals surface area contributed by atoms with Crippen molar-refractivity contribution in [3.63, 3.8) is 0 Å². The Morgan fingerprint density at radius 2 is 2.10 bits per heavy atom. The van der Waals surface area contributed by atoms with E-state index in [0.717, 1.165) is 0 Å². The number of hydrogen-bond donors (Lipinski definition) is 2. The third-order valence-electron chi connectivity index (χ3n) is 4.48. The number of aliphatic hydroxyl groups excluding tert-OH is 1. The Morgan fingerprint density at radius 3 is 2.77 bits per heavy atom. The quantitative estimate of drug-likeness (QED) is 0.467. The molecule has 0 amide bonds. The van der Waals surface area contributed by atoms with Crippen LogP contribution in [0, 0.1) is 12.7 Å². The third-order valence-corrected chi connectivity index (χ3v) is 4.79. The lowest BCUT2D eigenvalue weighted by molar-refractivity contribution is 0.247. The fourth-order valence-corrected chi connectivity index (χ4v) is 3.12. The van der Waals surface area contributed by atoms with E-state index in [1.54, 1.807) is 25.1 Å². The van der Waals surface area contributed by atoms with Crippen molar-refractivity contribution in [1.82, 2.24) is 24.7 Å². The van der Waals surface area contributed by atoms with Crippen LogP contribution in [0.1, 0.15) is 17.5 Å². The molecule has 4 rings (SSSR count). The molecule has 0 saturated heterocycles. The summed E-state index contributed by atoms with van der Waals surface area (Å²) < 4.78 is 20.4. The molecule has 0 aliphatic rings. The molecular weight excluding hydrogens is 427 g/mol. The van der Waals surface area contributed by atoms with E-state index in [9.17, 15) is 14.3 Å². The van der Waals surface area contributed by atoms with Crippen LogP contribution >= 0.6 is 11.6 Å². The molecule has 3 heterocycles. The number of rotatable bonds is 6. The minimum atomic E-state index is -0.767. The predicted molar refractivity (Wildman–Crippen MR) is 111 cm³/mol. The molecule has 0 saturated carbocycles. The lowest BCUT2D eigenvalue weighted by Crippen LogP contribution is -2.27. The van der Waals surface area contributed by atoms with Gasteiger partial charge in [-0.25, -0.2) is 14.4 Å². The molecule has 0 unspecified atom stereocenters. The van der Waals surface area contributed by atoms with Gasteiger partial charge in [0.05, 0.1) is 23.4 Å². The molecule has 9 nitrogen and oxygen atoms in total. The van der Waals surface area contributed by atoms with Gasteiger partial charge in [-0.05, 0) is 29.8 Å². The molecule has 0 spiro atoms. The maximum absolute atomic E-state index is 13.8. The summed E-state index contributed by atoms with van der Waals surface area (Å²) in [6.45, 7) is 1.26. The zero-order chi connectivity index (χ0) is 22.0. The second-order valence-electron chi connectivity index (χ2n) is 6.55. The fraction of sp³-hybridized carbons (Fsp3) is 0.150. The normalized spacial score (nSPS) is 12.0. The van der Waals surface area contributed by atoms with Gasteiger partial charge >= 0.3 is 6.01 Å². The lowest BCUT2D eigenvalue weighted by Gasteiger charge is -2.18. The van der Waals surface area contributed by atoms with E-state index in [1.807, 2.05) is 0 Å². The van der Waals surface area contributed by atoms with E-state index < -0.39 is 24.0 Å². The van der Waals surface area contributed by atoms with Crippen LogP contribution < -0.4 is 10.9 Å². The number of hydrogen-bond acceptors (Lipinski definition) is 8. The summed E-state index contributed by atoms with van der Waals surface area (Å²) in [5.74, 6) is -0.0174. The number of pyridine rings is 1. The number of halogens is 2. The van der Waals surface area contributed by atoms with E-state index in [1.165, 1.54) is 35.2 Å². The third kappa shape index (κ3) is 4.44. The van der Waals surface area contributed by atoms with Gasteiger partial charge in [-0.2, -0.15) is 0 Å². The van der Waals surface area contributed by atoms with Crippen molar-refractivity contribution in [3.05, 3.63) is 81.4 Å². The molecule has 0 aliphatic carbocycles. The minimum Gasteiger partial charge on any atom is -0.408 e. The van der Waals surface area contributed by atoms with Crippen molar-refractivity contribution in [1.29, 1.82) is 0 Å². The first-order valence-corrected chi connectivity index (χ1v) is 9.51. The van der Waals surface area contributed by atoms with Gasteiger partial charge in [0.15, 0.2) is 0 Å². The Bertz CT molecular complexity index is 1290. The second-order valence-corrected chi connectivity index (χ2v) is 6.96. The summed E-state index contributed by atoms with van der Waals surface area (Å²) in [6.07, 6.45) is 3.04. The van der Waals surface area contributed by atoms with Crippen molar-refractivity contribution in [2.45, 2.75) is 13.0 Å². The van der Waals surface area contributed by atoms with Crippen molar-refractivity contribution in [2.75, 3.05) is 11.9 Å². The first kappa shape index (κ1) is 20.6. The molecule has 0 fully saturated rings. The van der Waals surface area contributed by atoms with Crippen LogP contribution in [0.2, 0.25) is 5.02 Å². The Labute approximate surface area is 180 Å². The van der Waals surface area contributed by atoms with Gasteiger partial charge in [0.1, 0.15) is 5.82 Å². The SMILES string of the molecule is Cc1nnc(Nc2nccc(-c3ccn([C@H](CO)c4ccc(Cl)c(F)c4)c(=O)c3)n2)o1. The molecule has 2 N–H and O–H groups in total. The highest BCUT2D eigenvalue weighted by molar-refractivity contribution is 6.30. The highest BCUT2D eigenvalue weighted by Gasteiger charge is 2.17. The zero-order valence-electron chi connectivity index (χ0n) is 16.2. The summed E-state index contributed by atoms with van der Waals surface area (Å²) in [5, 5.41) is 20.1. The smallest absolute Gasteiger partial charge is 0.322 e. The summed E-state index contributed by atoms with van der Waals surface area (Å²) in [5.41, 5.74) is 1.04. The average molecular weight is 443 g/mol. The van der Waals surface area contributed by atoms with Gasteiger partial charge in [0.2, 0.25) is 11.8 Å². The zero-order valence-corrected chi connectivity index (χ0v) is 16.9. The number of aromatic nitrogens is 5. The molecule has 0 radical (unpaired) electrons. The van der Waals surface area contributed by atoms with Crippen molar-refractivity contribution < 1.29 is 13.9 Å². The fourth-order valence-electron chi connectivity index (χ4n) is 3.00. The van der Waals surface area contributed by atoms with E-state index in [2.05, 4.69) is 25.5 Å². The Hall–Kier alpha value is -3.63. The minimum absolute atomic E-state index is 0.0352. The standard InChI is InChI=1S/C20H16ClFN6O3/c1-11-26-27-20(31-11)25-19-23-6-4-16(24-19)12-5-7-28(18(30)9-12)17(10-29)13-2-3-14(21)15(22)8-13/h2-9,17,29H,10H2,1H3,(H,23,24,25,27)/t17-/m1/s1. The van der Waals surface area contributed by atoms with Crippen LogP contribution in [0.5, 0.6) is 0 Å². The summed E-state index contributed by atoms with van der Waals surface area (Å²) in [4.78, 5) is 21.2. The van der Waals surface area contributed by atoms with Crippen molar-refractivity contribution in [3.8, 4) is 11.3 Å². The topological polar surface area (TPSA) is 119 Å². The van der Waals surface area contributed by atoms with Gasteiger partial charge in [0, 0.05) is 30.9 Å². The Morgan fingerprint density at radius 1 is 1.26 bits per heavy atom. The lowest BCUT2D eigenvalue weighted by atomic mass is 10.1. The van der Waals surface area contributed by atoms with Gasteiger partial charge in [-0.1, -0.05) is 22.8 Å². The summed E-state index contributed by atoms with van der Waals surface area (Å²) in [6, 6.07) is 8.20. The summed E-state index contributed by atoms with van der Waals surface area (Å²) in [7, 11) is 0. The molecule has 31 heavy (non-hydrogen) atoms. The second kappa shape index (κ2) is 8.62.